The van der Waals surface area contributed by atoms with E-state index in [0.29, 0.717) is 47.3 Å². The van der Waals surface area contributed by atoms with Gasteiger partial charge in [0.05, 0.1) is 18.2 Å². The highest BCUT2D eigenvalue weighted by Gasteiger charge is 2.70. The van der Waals surface area contributed by atoms with Crippen LogP contribution in [0.1, 0.15) is 130 Å². The number of aromatic nitrogens is 5. The van der Waals surface area contributed by atoms with E-state index in [-0.39, 0.29) is 52.2 Å². The molecule has 0 radical (unpaired) electrons. The number of nitrogens with zero attached hydrogens (tertiary/aromatic N) is 5. The SMILES string of the molecule is CC(=O)O[C@H]1CC[C@]2(C)[C@H]3CC=C4[C@@H]5[C@@H](C)[C@H](C)CC[C@]5(C(=O)OCc5cn(Cc6nonc6C)nn5)CC[C@@]4(C)[C@]3(C)CC[C@H]2C1(C)C. The molecule has 0 N–H and O–H groups in total. The lowest BCUT2D eigenvalue weighted by Crippen LogP contribution is -2.65. The number of hydrogen-bond donors (Lipinski definition) is 0. The van der Waals surface area contributed by atoms with Crippen molar-refractivity contribution in [3.8, 4) is 0 Å². The van der Waals surface area contributed by atoms with E-state index in [4.69, 9.17) is 14.1 Å². The fourth-order valence-electron chi connectivity index (χ4n) is 12.5. The molecule has 2 aromatic heterocycles. The van der Waals surface area contributed by atoms with E-state index < -0.39 is 5.41 Å². The number of rotatable bonds is 6. The first-order valence-electron chi connectivity index (χ1n) is 18.8. The lowest BCUT2D eigenvalue weighted by molar-refractivity contribution is -0.214. The molecule has 0 spiro atoms. The van der Waals surface area contributed by atoms with E-state index in [0.717, 1.165) is 57.8 Å². The predicted octanol–water partition coefficient (Wildman–Crippen LogP) is 7.65. The molecule has 0 saturated heterocycles. The molecular formula is C39H57N5O5. The smallest absolute Gasteiger partial charge is 0.313 e. The van der Waals surface area contributed by atoms with E-state index >= 15 is 0 Å². The van der Waals surface area contributed by atoms with Gasteiger partial charge in [-0.25, -0.2) is 9.31 Å². The van der Waals surface area contributed by atoms with Gasteiger partial charge in [0.2, 0.25) is 0 Å². The maximum atomic E-state index is 14.5. The fraction of sp³-hybridized carbons (Fsp3) is 0.795. The van der Waals surface area contributed by atoms with E-state index in [1.807, 2.05) is 13.1 Å². The molecule has 4 fully saturated rings. The second kappa shape index (κ2) is 11.8. The number of ether oxygens (including phenoxy) is 2. The van der Waals surface area contributed by atoms with Crippen LogP contribution in [0.5, 0.6) is 0 Å². The van der Waals surface area contributed by atoms with E-state index in [2.05, 4.69) is 75.2 Å². The Balaban J connectivity index is 1.16. The highest BCUT2D eigenvalue weighted by molar-refractivity contribution is 5.79. The summed E-state index contributed by atoms with van der Waals surface area (Å²) in [5, 5.41) is 16.3. The zero-order valence-electron chi connectivity index (χ0n) is 31.2. The lowest BCUT2D eigenvalue weighted by atomic mass is 9.33. The van der Waals surface area contributed by atoms with Crippen LogP contribution in [0.3, 0.4) is 0 Å². The summed E-state index contributed by atoms with van der Waals surface area (Å²) in [6.07, 6.45) is 13.5. The van der Waals surface area contributed by atoms with Gasteiger partial charge in [-0.05, 0) is 111 Å². The summed E-state index contributed by atoms with van der Waals surface area (Å²) in [6.45, 7) is 21.1. The number of carbonyl (C=O) groups excluding carboxylic acids is 2. The maximum absolute atomic E-state index is 14.5. The number of allylic oxidation sites excluding steroid dienone is 2. The van der Waals surface area contributed by atoms with Crippen molar-refractivity contribution in [2.75, 3.05) is 0 Å². The summed E-state index contributed by atoms with van der Waals surface area (Å²) in [6, 6.07) is 0. The summed E-state index contributed by atoms with van der Waals surface area (Å²) < 4.78 is 18.7. The van der Waals surface area contributed by atoms with Gasteiger partial charge in [0, 0.05) is 12.3 Å². The Morgan fingerprint density at radius 1 is 0.980 bits per heavy atom. The van der Waals surface area contributed by atoms with Gasteiger partial charge < -0.3 is 9.47 Å². The Hall–Kier alpha value is -3.04. The maximum Gasteiger partial charge on any atom is 0.313 e. The van der Waals surface area contributed by atoms with E-state index in [1.165, 1.54) is 5.57 Å². The van der Waals surface area contributed by atoms with Gasteiger partial charge in [0.25, 0.3) is 0 Å². The molecule has 10 nitrogen and oxygen atoms in total. The van der Waals surface area contributed by atoms with E-state index in [1.54, 1.807) is 11.6 Å². The third-order valence-corrected chi connectivity index (χ3v) is 15.6. The third-order valence-electron chi connectivity index (χ3n) is 15.6. The molecule has 268 valence electrons. The molecule has 7 rings (SSSR count). The second-order valence-electron chi connectivity index (χ2n) is 18.0. The molecule has 0 aliphatic heterocycles. The third kappa shape index (κ3) is 5.07. The van der Waals surface area contributed by atoms with Crippen LogP contribution in [0.4, 0.5) is 0 Å². The number of carbonyl (C=O) groups is 2. The monoisotopic (exact) mass is 675 g/mol. The minimum absolute atomic E-state index is 0.0113. The molecule has 10 heteroatoms. The zero-order chi connectivity index (χ0) is 35.1. The quantitative estimate of drug-likeness (QED) is 0.224. The molecule has 49 heavy (non-hydrogen) atoms. The summed E-state index contributed by atoms with van der Waals surface area (Å²) in [4.78, 5) is 26.5. The molecule has 5 aliphatic carbocycles. The van der Waals surface area contributed by atoms with Crippen molar-refractivity contribution in [3.63, 3.8) is 0 Å². The largest absolute Gasteiger partial charge is 0.462 e. The first kappa shape index (κ1) is 34.4. The number of hydrogen-bond acceptors (Lipinski definition) is 9. The molecule has 2 heterocycles. The first-order valence-corrected chi connectivity index (χ1v) is 18.8. The molecule has 0 amide bonds. The molecule has 5 aliphatic rings. The van der Waals surface area contributed by atoms with Crippen molar-refractivity contribution in [3.05, 3.63) is 34.9 Å². The van der Waals surface area contributed by atoms with Gasteiger partial charge in [0.1, 0.15) is 29.8 Å². The van der Waals surface area contributed by atoms with Gasteiger partial charge >= 0.3 is 11.9 Å². The highest BCUT2D eigenvalue weighted by Crippen LogP contribution is 2.76. The molecule has 0 bridgehead atoms. The van der Waals surface area contributed by atoms with Gasteiger partial charge in [-0.15, -0.1) is 5.10 Å². The Labute approximate surface area is 291 Å². The van der Waals surface area contributed by atoms with Crippen LogP contribution < -0.4 is 0 Å². The predicted molar refractivity (Wildman–Crippen MR) is 182 cm³/mol. The van der Waals surface area contributed by atoms with Crippen molar-refractivity contribution in [2.24, 2.45) is 56.7 Å². The van der Waals surface area contributed by atoms with Crippen molar-refractivity contribution >= 4 is 11.9 Å². The topological polar surface area (TPSA) is 122 Å². The standard InChI is InChI=1S/C39H57N5O5/c1-23-12-17-39(34(46)47-22-27-20-44(43-40-27)21-29-25(3)41-49-42-29)19-18-37(8)28(33(39)24(23)2)10-11-31-36(7)15-14-32(48-26(4)45)35(5,6)30(36)13-16-38(31,37)9/h10,20,23-24,30-33H,11-19,21-22H2,1-9H3/t23-,24+,30+,31-,32+,33+,36+,37-,38-,39+/m1/s1. The van der Waals surface area contributed by atoms with Crippen molar-refractivity contribution in [2.45, 2.75) is 139 Å². The van der Waals surface area contributed by atoms with E-state index in [9.17, 15) is 9.59 Å². The molecular weight excluding hydrogens is 618 g/mol. The normalized spacial score (nSPS) is 41.0. The Kier molecular flexibility index (Phi) is 8.26. The van der Waals surface area contributed by atoms with Crippen LogP contribution in [0.15, 0.2) is 22.5 Å². The lowest BCUT2D eigenvalue weighted by Gasteiger charge is -2.71. The van der Waals surface area contributed by atoms with Crippen LogP contribution >= 0.6 is 0 Å². The number of esters is 2. The van der Waals surface area contributed by atoms with Crippen LogP contribution in [0.25, 0.3) is 0 Å². The minimum atomic E-state index is -0.523. The Morgan fingerprint density at radius 3 is 2.47 bits per heavy atom. The Morgan fingerprint density at radius 2 is 1.76 bits per heavy atom. The zero-order valence-corrected chi connectivity index (χ0v) is 31.2. The highest BCUT2D eigenvalue weighted by atomic mass is 16.6. The van der Waals surface area contributed by atoms with Crippen LogP contribution in [-0.2, 0) is 32.2 Å². The van der Waals surface area contributed by atoms with Gasteiger partial charge in [-0.3, -0.25) is 9.59 Å². The van der Waals surface area contributed by atoms with Crippen molar-refractivity contribution in [1.82, 2.24) is 25.3 Å². The van der Waals surface area contributed by atoms with Crippen LogP contribution in [0, 0.1) is 63.6 Å². The summed E-state index contributed by atoms with van der Waals surface area (Å²) >= 11 is 0. The fourth-order valence-corrected chi connectivity index (χ4v) is 12.5. The van der Waals surface area contributed by atoms with Gasteiger partial charge in [-0.2, -0.15) is 0 Å². The summed E-state index contributed by atoms with van der Waals surface area (Å²) in [5.41, 5.74) is 3.28. The second-order valence-corrected chi connectivity index (χ2v) is 18.0. The summed E-state index contributed by atoms with van der Waals surface area (Å²) in [5.74, 6) is 1.90. The van der Waals surface area contributed by atoms with Crippen LogP contribution in [0.2, 0.25) is 0 Å². The molecule has 2 aromatic rings. The average molecular weight is 676 g/mol. The minimum Gasteiger partial charge on any atom is -0.462 e. The molecule has 10 atom stereocenters. The van der Waals surface area contributed by atoms with Gasteiger partial charge in [-0.1, -0.05) is 75.6 Å². The molecule has 0 aromatic carbocycles. The first-order chi connectivity index (χ1) is 23.1. The van der Waals surface area contributed by atoms with Gasteiger partial charge in [0.15, 0.2) is 0 Å². The molecule has 4 saturated carbocycles. The summed E-state index contributed by atoms with van der Waals surface area (Å²) in [7, 11) is 0. The average Bonchev–Trinajstić information content (AvgIpc) is 3.67. The van der Waals surface area contributed by atoms with Crippen molar-refractivity contribution in [1.29, 1.82) is 0 Å². The Bertz CT molecular complexity index is 1640. The molecule has 0 unspecified atom stereocenters. The number of aryl methyl sites for hydroxylation is 1. The van der Waals surface area contributed by atoms with Crippen molar-refractivity contribution < 1.29 is 23.7 Å². The number of fused-ring (bicyclic) bond motifs is 7. The van der Waals surface area contributed by atoms with Crippen LogP contribution in [-0.4, -0.2) is 43.3 Å².